The van der Waals surface area contributed by atoms with Gasteiger partial charge in [-0.15, -0.1) is 0 Å². The van der Waals surface area contributed by atoms with E-state index in [0.29, 0.717) is 5.70 Å². The van der Waals surface area contributed by atoms with E-state index < -0.39 is 5.91 Å². The van der Waals surface area contributed by atoms with Gasteiger partial charge in [0.05, 0.1) is 5.70 Å². The Morgan fingerprint density at radius 2 is 2.40 bits per heavy atom. The van der Waals surface area contributed by atoms with Crippen LogP contribution >= 0.6 is 0 Å². The topological polar surface area (TPSA) is 64.4 Å². The van der Waals surface area contributed by atoms with E-state index >= 15 is 0 Å². The van der Waals surface area contributed by atoms with Gasteiger partial charge in [0.15, 0.2) is 6.23 Å². The van der Waals surface area contributed by atoms with Crippen molar-refractivity contribution in [3.63, 3.8) is 0 Å². The lowest BCUT2D eigenvalue weighted by atomic mass is 10.4. The highest BCUT2D eigenvalue weighted by atomic mass is 16.5. The molecule has 1 unspecified atom stereocenters. The first-order valence-electron chi connectivity index (χ1n) is 3.05. The number of amides is 1. The van der Waals surface area contributed by atoms with Gasteiger partial charge in [-0.2, -0.15) is 0 Å². The second kappa shape index (κ2) is 2.21. The van der Waals surface area contributed by atoms with Crippen LogP contribution in [0, 0.1) is 0 Å². The molecule has 0 aliphatic carbocycles. The van der Waals surface area contributed by atoms with Crippen molar-refractivity contribution in [3.8, 4) is 0 Å². The molecule has 1 aliphatic heterocycles. The van der Waals surface area contributed by atoms with Gasteiger partial charge in [0.25, 0.3) is 5.91 Å². The van der Waals surface area contributed by atoms with E-state index in [-0.39, 0.29) is 12.0 Å². The van der Waals surface area contributed by atoms with E-state index in [2.05, 4.69) is 5.32 Å². The second-order valence-electron chi connectivity index (χ2n) is 2.22. The Kier molecular flexibility index (Phi) is 1.53. The standard InChI is InChI=1S/C6H10N2O2/c1-3-5(6(7)9)10-4(2)8-3/h4,8H,1-2H3,(H2,7,9). The van der Waals surface area contributed by atoms with Gasteiger partial charge in [0, 0.05) is 0 Å². The van der Waals surface area contributed by atoms with Gasteiger partial charge < -0.3 is 15.8 Å². The van der Waals surface area contributed by atoms with Gasteiger partial charge in [0.1, 0.15) is 0 Å². The van der Waals surface area contributed by atoms with Crippen molar-refractivity contribution in [2.24, 2.45) is 5.73 Å². The molecule has 1 atom stereocenters. The number of carbonyl (C=O) groups excluding carboxylic acids is 1. The van der Waals surface area contributed by atoms with Crippen LogP contribution in [0.3, 0.4) is 0 Å². The zero-order valence-corrected chi connectivity index (χ0v) is 5.97. The van der Waals surface area contributed by atoms with Crippen molar-refractivity contribution >= 4 is 5.91 Å². The lowest BCUT2D eigenvalue weighted by molar-refractivity contribution is -0.118. The van der Waals surface area contributed by atoms with Crippen LogP contribution in [0.2, 0.25) is 0 Å². The monoisotopic (exact) mass is 142 g/mol. The molecule has 1 amide bonds. The minimum absolute atomic E-state index is 0.137. The molecule has 0 aromatic carbocycles. The normalized spacial score (nSPS) is 24.0. The summed E-state index contributed by atoms with van der Waals surface area (Å²) >= 11 is 0. The largest absolute Gasteiger partial charge is 0.463 e. The summed E-state index contributed by atoms with van der Waals surface area (Å²) in [6, 6.07) is 0. The van der Waals surface area contributed by atoms with E-state index in [1.807, 2.05) is 0 Å². The molecule has 56 valence electrons. The molecule has 0 radical (unpaired) electrons. The number of primary amides is 1. The maximum atomic E-state index is 10.6. The molecule has 1 aliphatic rings. The van der Waals surface area contributed by atoms with Crippen molar-refractivity contribution in [2.45, 2.75) is 20.1 Å². The Balaban J connectivity index is 2.76. The lowest BCUT2D eigenvalue weighted by Gasteiger charge is -2.03. The van der Waals surface area contributed by atoms with Gasteiger partial charge in [-0.05, 0) is 13.8 Å². The average molecular weight is 142 g/mol. The summed E-state index contributed by atoms with van der Waals surface area (Å²) in [6.45, 7) is 3.56. The summed E-state index contributed by atoms with van der Waals surface area (Å²) in [5.74, 6) is -0.276. The van der Waals surface area contributed by atoms with Gasteiger partial charge in [0.2, 0.25) is 5.76 Å². The van der Waals surface area contributed by atoms with Crippen LogP contribution < -0.4 is 11.1 Å². The maximum Gasteiger partial charge on any atom is 0.285 e. The number of carbonyl (C=O) groups is 1. The van der Waals surface area contributed by atoms with Crippen molar-refractivity contribution in [3.05, 3.63) is 11.5 Å². The van der Waals surface area contributed by atoms with Gasteiger partial charge in [-0.25, -0.2) is 0 Å². The molecule has 10 heavy (non-hydrogen) atoms. The molecule has 4 nitrogen and oxygen atoms in total. The lowest BCUT2D eigenvalue weighted by Crippen LogP contribution is -2.19. The number of rotatable bonds is 1. The summed E-state index contributed by atoms with van der Waals surface area (Å²) in [7, 11) is 0. The Hall–Kier alpha value is -1.19. The van der Waals surface area contributed by atoms with E-state index in [9.17, 15) is 4.79 Å². The SMILES string of the molecule is CC1=C(C(N)=O)OC(C)N1. The molecule has 0 fully saturated rings. The first-order valence-corrected chi connectivity index (χ1v) is 3.05. The van der Waals surface area contributed by atoms with Crippen LogP contribution in [0.4, 0.5) is 0 Å². The molecule has 0 aromatic heterocycles. The molecular weight excluding hydrogens is 132 g/mol. The highest BCUT2D eigenvalue weighted by Gasteiger charge is 2.21. The summed E-state index contributed by atoms with van der Waals surface area (Å²) in [4.78, 5) is 10.6. The minimum Gasteiger partial charge on any atom is -0.463 e. The predicted molar refractivity (Wildman–Crippen MR) is 35.6 cm³/mol. The fourth-order valence-electron chi connectivity index (χ4n) is 0.908. The molecule has 1 heterocycles. The molecule has 0 saturated carbocycles. The van der Waals surface area contributed by atoms with E-state index in [1.165, 1.54) is 0 Å². The second-order valence-corrected chi connectivity index (χ2v) is 2.22. The summed E-state index contributed by atoms with van der Waals surface area (Å²) in [5.41, 5.74) is 5.70. The number of hydrogen-bond donors (Lipinski definition) is 2. The van der Waals surface area contributed by atoms with Crippen molar-refractivity contribution in [1.82, 2.24) is 5.32 Å². The Morgan fingerprint density at radius 3 is 2.60 bits per heavy atom. The van der Waals surface area contributed by atoms with E-state index in [0.717, 1.165) is 0 Å². The van der Waals surface area contributed by atoms with Crippen LogP contribution in [0.1, 0.15) is 13.8 Å². The highest BCUT2D eigenvalue weighted by molar-refractivity contribution is 5.90. The number of ether oxygens (including phenoxy) is 1. The maximum absolute atomic E-state index is 10.6. The average Bonchev–Trinajstić information content (AvgIpc) is 2.10. The van der Waals surface area contributed by atoms with E-state index in [4.69, 9.17) is 10.5 Å². The van der Waals surface area contributed by atoms with Crippen LogP contribution in [-0.4, -0.2) is 12.1 Å². The quantitative estimate of drug-likeness (QED) is 0.527. The van der Waals surface area contributed by atoms with Crippen LogP contribution in [0.25, 0.3) is 0 Å². The van der Waals surface area contributed by atoms with E-state index in [1.54, 1.807) is 13.8 Å². The molecule has 0 aromatic rings. The zero-order chi connectivity index (χ0) is 7.72. The molecule has 0 spiro atoms. The summed E-state index contributed by atoms with van der Waals surface area (Å²) in [5, 5.41) is 2.90. The Morgan fingerprint density at radius 1 is 1.80 bits per heavy atom. The smallest absolute Gasteiger partial charge is 0.285 e. The molecule has 0 bridgehead atoms. The fraction of sp³-hybridized carbons (Fsp3) is 0.500. The number of nitrogens with two attached hydrogens (primary N) is 1. The molecule has 0 saturated heterocycles. The number of nitrogens with one attached hydrogen (secondary N) is 1. The number of hydrogen-bond acceptors (Lipinski definition) is 3. The first kappa shape index (κ1) is 6.92. The van der Waals surface area contributed by atoms with Crippen LogP contribution in [0.5, 0.6) is 0 Å². The van der Waals surface area contributed by atoms with Crippen molar-refractivity contribution in [2.75, 3.05) is 0 Å². The first-order chi connectivity index (χ1) is 4.61. The summed E-state index contributed by atoms with van der Waals surface area (Å²) < 4.78 is 5.03. The zero-order valence-electron chi connectivity index (χ0n) is 5.97. The van der Waals surface area contributed by atoms with Gasteiger partial charge in [-0.3, -0.25) is 4.79 Å². The molecule has 3 N–H and O–H groups in total. The predicted octanol–water partition coefficient (Wildman–Crippen LogP) is -0.331. The summed E-state index contributed by atoms with van der Waals surface area (Å²) in [6.07, 6.45) is -0.137. The third-order valence-electron chi connectivity index (χ3n) is 1.28. The van der Waals surface area contributed by atoms with Crippen LogP contribution in [0.15, 0.2) is 11.5 Å². The fourth-order valence-corrected chi connectivity index (χ4v) is 0.908. The Labute approximate surface area is 59.0 Å². The number of allylic oxidation sites excluding steroid dienone is 1. The molecule has 4 heteroatoms. The van der Waals surface area contributed by atoms with Crippen LogP contribution in [-0.2, 0) is 9.53 Å². The van der Waals surface area contributed by atoms with Crippen molar-refractivity contribution in [1.29, 1.82) is 0 Å². The Bertz CT molecular complexity index is 198. The third-order valence-corrected chi connectivity index (χ3v) is 1.28. The highest BCUT2D eigenvalue weighted by Crippen LogP contribution is 2.13. The van der Waals surface area contributed by atoms with Gasteiger partial charge in [-0.1, -0.05) is 0 Å². The van der Waals surface area contributed by atoms with Crippen molar-refractivity contribution < 1.29 is 9.53 Å². The third kappa shape index (κ3) is 1.05. The van der Waals surface area contributed by atoms with Gasteiger partial charge >= 0.3 is 0 Å². The molecule has 1 rings (SSSR count). The molecular formula is C6H10N2O2. The minimum atomic E-state index is -0.519.